The van der Waals surface area contributed by atoms with E-state index in [0.717, 1.165) is 5.39 Å². The number of hydrogen-bond donors (Lipinski definition) is 0. The van der Waals surface area contributed by atoms with E-state index in [0.29, 0.717) is 49.5 Å². The lowest BCUT2D eigenvalue weighted by Gasteiger charge is -2.16. The fourth-order valence-corrected chi connectivity index (χ4v) is 4.66. The van der Waals surface area contributed by atoms with E-state index in [9.17, 15) is 9.59 Å². The lowest BCUT2D eigenvalue weighted by molar-refractivity contribution is -0.150. The number of carbonyl (C=O) groups is 1. The molecule has 0 aliphatic carbocycles. The molecule has 0 aliphatic rings. The van der Waals surface area contributed by atoms with Crippen molar-refractivity contribution in [2.24, 2.45) is 5.10 Å². The van der Waals surface area contributed by atoms with E-state index in [2.05, 4.69) is 21.0 Å². The third-order valence-corrected chi connectivity index (χ3v) is 6.92. The number of para-hydroxylation sites is 1. The topological polar surface area (TPSA) is 114 Å². The second-order valence-electron chi connectivity index (χ2n) is 8.83. The number of methoxy groups -OCH3 is 2. The summed E-state index contributed by atoms with van der Waals surface area (Å²) in [5, 5.41) is 5.66. The molecule has 0 N–H and O–H groups in total. The number of rotatable bonds is 9. The maximum absolute atomic E-state index is 13.6. The second kappa shape index (κ2) is 11.8. The summed E-state index contributed by atoms with van der Waals surface area (Å²) in [5.74, 6) is 1.40. The summed E-state index contributed by atoms with van der Waals surface area (Å²) in [5.41, 5.74) is 1.29. The summed E-state index contributed by atoms with van der Waals surface area (Å²) < 4.78 is 29.6. The van der Waals surface area contributed by atoms with Gasteiger partial charge in [0.1, 0.15) is 11.3 Å². The molecular weight excluding hydrogens is 594 g/mol. The van der Waals surface area contributed by atoms with Crippen LogP contribution in [0.5, 0.6) is 17.2 Å². The molecule has 0 saturated carbocycles. The number of esters is 1. The van der Waals surface area contributed by atoms with Crippen molar-refractivity contribution in [1.29, 1.82) is 0 Å². The van der Waals surface area contributed by atoms with Gasteiger partial charge in [-0.3, -0.25) is 4.79 Å². The van der Waals surface area contributed by atoms with Crippen molar-refractivity contribution < 1.29 is 28.2 Å². The van der Waals surface area contributed by atoms with Gasteiger partial charge in [0, 0.05) is 10.0 Å². The van der Waals surface area contributed by atoms with Crippen LogP contribution in [0.25, 0.3) is 33.5 Å². The lowest BCUT2D eigenvalue weighted by atomic mass is 10.2. The van der Waals surface area contributed by atoms with Crippen LogP contribution in [0.2, 0.25) is 0 Å². The van der Waals surface area contributed by atoms with Crippen LogP contribution in [0.3, 0.4) is 0 Å². The fraction of sp³-hybridized carbons (Fsp3) is 0.200. The maximum atomic E-state index is 13.6. The van der Waals surface area contributed by atoms with Crippen LogP contribution >= 0.6 is 15.9 Å². The summed E-state index contributed by atoms with van der Waals surface area (Å²) in [4.78, 5) is 30.4. The third-order valence-electron chi connectivity index (χ3n) is 6.23. The van der Waals surface area contributed by atoms with Gasteiger partial charge in [-0.1, -0.05) is 18.2 Å². The molecule has 11 heteroatoms. The summed E-state index contributed by atoms with van der Waals surface area (Å²) in [6, 6.07) is 17.6. The molecule has 0 fully saturated rings. The van der Waals surface area contributed by atoms with E-state index >= 15 is 0 Å². The number of carbonyl (C=O) groups excluding carboxylic acids is 1. The first-order valence-electron chi connectivity index (χ1n) is 12.7. The molecule has 0 bridgehead atoms. The third kappa shape index (κ3) is 5.53. The normalized spacial score (nSPS) is 12.1. The number of nitrogens with zero attached hydrogens (tertiary/aromatic N) is 3. The van der Waals surface area contributed by atoms with E-state index in [4.69, 9.17) is 28.3 Å². The van der Waals surface area contributed by atoms with Gasteiger partial charge in [-0.25, -0.2) is 9.78 Å². The standard InChI is InChI=1S/C30H26BrN3O7/c1-5-39-30(36)17(2)40-26-15-21(31)18(13-25(26)38-4)16-32-34-28(33-22-10-7-6-9-19(22)29(34)35)27-14-20-23(37-3)11-8-12-24(20)41-27/h6-17H,5H2,1-4H3/t17-/m0/s1. The van der Waals surface area contributed by atoms with Crippen molar-refractivity contribution in [3.05, 3.63) is 81.1 Å². The van der Waals surface area contributed by atoms with Gasteiger partial charge in [0.15, 0.2) is 23.4 Å². The number of hydrogen-bond acceptors (Lipinski definition) is 9. The molecule has 210 valence electrons. The van der Waals surface area contributed by atoms with E-state index in [-0.39, 0.29) is 18.0 Å². The Hall–Kier alpha value is -4.64. The van der Waals surface area contributed by atoms with E-state index in [1.807, 2.05) is 24.3 Å². The summed E-state index contributed by atoms with van der Waals surface area (Å²) >= 11 is 3.52. The minimum absolute atomic E-state index is 0.217. The molecule has 0 amide bonds. The summed E-state index contributed by atoms with van der Waals surface area (Å²) in [7, 11) is 3.06. The van der Waals surface area contributed by atoms with Gasteiger partial charge in [0.25, 0.3) is 5.56 Å². The zero-order valence-electron chi connectivity index (χ0n) is 22.7. The van der Waals surface area contributed by atoms with Gasteiger partial charge in [0.05, 0.1) is 43.3 Å². The molecule has 2 heterocycles. The van der Waals surface area contributed by atoms with Crippen molar-refractivity contribution in [3.8, 4) is 28.8 Å². The Balaban J connectivity index is 1.60. The first-order valence-corrected chi connectivity index (χ1v) is 13.5. The molecule has 1 atom stereocenters. The smallest absolute Gasteiger partial charge is 0.347 e. The van der Waals surface area contributed by atoms with Crippen molar-refractivity contribution in [1.82, 2.24) is 9.66 Å². The molecular formula is C30H26BrN3O7. The quantitative estimate of drug-likeness (QED) is 0.150. The molecule has 10 nitrogen and oxygen atoms in total. The molecule has 5 aromatic rings. The van der Waals surface area contributed by atoms with Crippen molar-refractivity contribution in [3.63, 3.8) is 0 Å². The maximum Gasteiger partial charge on any atom is 0.347 e. The van der Waals surface area contributed by atoms with Crippen LogP contribution in [-0.2, 0) is 9.53 Å². The van der Waals surface area contributed by atoms with Crippen molar-refractivity contribution in [2.75, 3.05) is 20.8 Å². The molecule has 0 spiro atoms. The number of halogens is 1. The molecule has 3 aromatic carbocycles. The van der Waals surface area contributed by atoms with Crippen LogP contribution in [-0.4, -0.2) is 48.8 Å². The Morgan fingerprint density at radius 3 is 2.59 bits per heavy atom. The van der Waals surface area contributed by atoms with Crippen LogP contribution < -0.4 is 19.8 Å². The van der Waals surface area contributed by atoms with Crippen LogP contribution in [0.4, 0.5) is 0 Å². The molecule has 2 aromatic heterocycles. The summed E-state index contributed by atoms with van der Waals surface area (Å²) in [6.07, 6.45) is 0.651. The molecule has 41 heavy (non-hydrogen) atoms. The SMILES string of the molecule is CCOC(=O)[C@H](C)Oc1cc(Br)c(C=Nn2c(-c3cc4c(OC)cccc4o3)nc3ccccc3c2=O)cc1OC. The van der Waals surface area contributed by atoms with Gasteiger partial charge >= 0.3 is 5.97 Å². The zero-order valence-corrected chi connectivity index (χ0v) is 24.3. The van der Waals surface area contributed by atoms with Crippen LogP contribution in [0, 0.1) is 0 Å². The van der Waals surface area contributed by atoms with Gasteiger partial charge in [0.2, 0.25) is 5.82 Å². The van der Waals surface area contributed by atoms with Gasteiger partial charge in [-0.2, -0.15) is 9.78 Å². The predicted molar refractivity (Wildman–Crippen MR) is 158 cm³/mol. The summed E-state index contributed by atoms with van der Waals surface area (Å²) in [6.45, 7) is 3.56. The molecule has 0 radical (unpaired) electrons. The fourth-order valence-electron chi connectivity index (χ4n) is 4.23. The lowest BCUT2D eigenvalue weighted by Crippen LogP contribution is -2.26. The van der Waals surface area contributed by atoms with Gasteiger partial charge in [-0.15, -0.1) is 0 Å². The first-order chi connectivity index (χ1) is 19.8. The Morgan fingerprint density at radius 2 is 1.83 bits per heavy atom. The number of fused-ring (bicyclic) bond motifs is 2. The van der Waals surface area contributed by atoms with E-state index in [1.165, 1.54) is 18.0 Å². The predicted octanol–water partition coefficient (Wildman–Crippen LogP) is 5.80. The average molecular weight is 620 g/mol. The highest BCUT2D eigenvalue weighted by Gasteiger charge is 2.20. The number of ether oxygens (including phenoxy) is 4. The highest BCUT2D eigenvalue weighted by Crippen LogP contribution is 2.35. The van der Waals surface area contributed by atoms with Crippen LogP contribution in [0.15, 0.2) is 79.4 Å². The van der Waals surface area contributed by atoms with Crippen molar-refractivity contribution in [2.45, 2.75) is 20.0 Å². The van der Waals surface area contributed by atoms with E-state index < -0.39 is 12.1 Å². The Labute approximate surface area is 243 Å². The number of aromatic nitrogens is 2. The Kier molecular flexibility index (Phi) is 8.06. The van der Waals surface area contributed by atoms with Gasteiger partial charge in [-0.05, 0) is 72.2 Å². The monoisotopic (exact) mass is 619 g/mol. The Bertz CT molecular complexity index is 1840. The average Bonchev–Trinajstić information content (AvgIpc) is 3.42. The Morgan fingerprint density at radius 1 is 1.05 bits per heavy atom. The van der Waals surface area contributed by atoms with Crippen molar-refractivity contribution >= 4 is 50.0 Å². The van der Waals surface area contributed by atoms with Crippen LogP contribution in [0.1, 0.15) is 19.4 Å². The second-order valence-corrected chi connectivity index (χ2v) is 9.69. The highest BCUT2D eigenvalue weighted by atomic mass is 79.9. The zero-order chi connectivity index (χ0) is 29.1. The van der Waals surface area contributed by atoms with E-state index in [1.54, 1.807) is 57.4 Å². The highest BCUT2D eigenvalue weighted by molar-refractivity contribution is 9.10. The molecule has 0 saturated heterocycles. The number of furan rings is 1. The molecule has 5 rings (SSSR count). The molecule has 0 unspecified atom stereocenters. The minimum atomic E-state index is -0.845. The molecule has 0 aliphatic heterocycles. The number of benzene rings is 3. The minimum Gasteiger partial charge on any atom is -0.496 e. The first kappa shape index (κ1) is 27.9. The van der Waals surface area contributed by atoms with Gasteiger partial charge < -0.3 is 23.4 Å². The largest absolute Gasteiger partial charge is 0.496 e.